The molecule has 4 heteroatoms. The normalized spacial score (nSPS) is 14.1. The zero-order valence-electron chi connectivity index (χ0n) is 8.69. The van der Waals surface area contributed by atoms with Crippen molar-refractivity contribution in [3.63, 3.8) is 0 Å². The highest BCUT2D eigenvalue weighted by Crippen LogP contribution is 2.29. The molecule has 0 saturated heterocycles. The molecular weight excluding hydrogens is 192 g/mol. The van der Waals surface area contributed by atoms with Crippen molar-refractivity contribution >= 4 is 11.6 Å². The quantitative estimate of drug-likeness (QED) is 0.734. The number of hydrogen-bond donors (Lipinski definition) is 1. The molecule has 2 rings (SSSR count). The molecular formula is C11H14N2O2. The van der Waals surface area contributed by atoms with E-state index in [-0.39, 0.29) is 5.91 Å². The Hall–Kier alpha value is -1.39. The van der Waals surface area contributed by atoms with Crippen LogP contribution >= 0.6 is 0 Å². The van der Waals surface area contributed by atoms with E-state index < -0.39 is 0 Å². The summed E-state index contributed by atoms with van der Waals surface area (Å²) in [7, 11) is 0. The Kier molecular flexibility index (Phi) is 2.70. The van der Waals surface area contributed by atoms with Gasteiger partial charge in [-0.05, 0) is 23.6 Å². The highest BCUT2D eigenvalue weighted by molar-refractivity contribution is 5.93. The zero-order chi connectivity index (χ0) is 10.8. The number of nitrogens with two attached hydrogens (primary N) is 1. The Morgan fingerprint density at radius 1 is 1.60 bits per heavy atom. The van der Waals surface area contributed by atoms with Crippen molar-refractivity contribution in [2.24, 2.45) is 5.90 Å². The number of fused-ring (bicyclic) bond motifs is 1. The van der Waals surface area contributed by atoms with Gasteiger partial charge in [0.1, 0.15) is 0 Å². The van der Waals surface area contributed by atoms with E-state index in [9.17, 15) is 4.79 Å². The van der Waals surface area contributed by atoms with Gasteiger partial charge in [0.05, 0.1) is 6.61 Å². The first kappa shape index (κ1) is 10.1. The van der Waals surface area contributed by atoms with Crippen molar-refractivity contribution in [3.05, 3.63) is 29.3 Å². The molecule has 0 spiro atoms. The third-order valence-corrected chi connectivity index (χ3v) is 2.68. The van der Waals surface area contributed by atoms with Crippen LogP contribution in [-0.4, -0.2) is 12.5 Å². The molecule has 4 nitrogen and oxygen atoms in total. The molecule has 1 aliphatic rings. The van der Waals surface area contributed by atoms with Gasteiger partial charge in [-0.3, -0.25) is 9.63 Å². The summed E-state index contributed by atoms with van der Waals surface area (Å²) in [6.07, 6.45) is 0.929. The Morgan fingerprint density at radius 2 is 2.40 bits per heavy atom. The van der Waals surface area contributed by atoms with Gasteiger partial charge in [0.2, 0.25) is 5.91 Å². The molecule has 0 aliphatic carbocycles. The largest absolute Gasteiger partial charge is 0.312 e. The van der Waals surface area contributed by atoms with E-state index in [1.54, 1.807) is 11.8 Å². The molecule has 1 heterocycles. The average Bonchev–Trinajstić information content (AvgIpc) is 2.61. The number of rotatable bonds is 2. The van der Waals surface area contributed by atoms with Crippen molar-refractivity contribution in [1.29, 1.82) is 0 Å². The molecule has 0 saturated carbocycles. The summed E-state index contributed by atoms with van der Waals surface area (Å²) >= 11 is 0. The number of carbonyl (C=O) groups is 1. The Balaban J connectivity index is 2.33. The number of benzene rings is 1. The first-order chi connectivity index (χ1) is 7.22. The van der Waals surface area contributed by atoms with E-state index in [0.29, 0.717) is 6.61 Å². The van der Waals surface area contributed by atoms with Crippen LogP contribution in [0, 0.1) is 0 Å². The molecule has 0 atom stereocenters. The fourth-order valence-corrected chi connectivity index (χ4v) is 1.94. The molecule has 15 heavy (non-hydrogen) atoms. The van der Waals surface area contributed by atoms with E-state index in [1.807, 2.05) is 18.2 Å². The first-order valence-corrected chi connectivity index (χ1v) is 4.94. The number of nitrogens with zero attached hydrogens (tertiary/aromatic N) is 1. The molecule has 80 valence electrons. The number of amides is 1. The predicted octanol–water partition coefficient (Wildman–Crippen LogP) is 0.986. The second-order valence-corrected chi connectivity index (χ2v) is 3.69. The van der Waals surface area contributed by atoms with Crippen molar-refractivity contribution in [2.75, 3.05) is 11.4 Å². The maximum absolute atomic E-state index is 11.3. The van der Waals surface area contributed by atoms with Crippen LogP contribution in [0.2, 0.25) is 0 Å². The fourth-order valence-electron chi connectivity index (χ4n) is 1.94. The van der Waals surface area contributed by atoms with Crippen LogP contribution in [0.25, 0.3) is 0 Å². The lowest BCUT2D eigenvalue weighted by Gasteiger charge is -2.15. The van der Waals surface area contributed by atoms with Crippen LogP contribution in [0.4, 0.5) is 5.69 Å². The predicted molar refractivity (Wildman–Crippen MR) is 57.1 cm³/mol. The second-order valence-electron chi connectivity index (χ2n) is 3.69. The van der Waals surface area contributed by atoms with Gasteiger partial charge < -0.3 is 4.90 Å². The molecule has 2 N–H and O–H groups in total. The van der Waals surface area contributed by atoms with Crippen LogP contribution in [0.5, 0.6) is 0 Å². The maximum atomic E-state index is 11.3. The standard InChI is InChI=1S/C11H14N2O2/c1-8(14)13-5-4-10-3-2-9(7-15-12)6-11(10)13/h2-3,6H,4-5,7,12H2,1H3. The summed E-state index contributed by atoms with van der Waals surface area (Å²) < 4.78 is 0. The van der Waals surface area contributed by atoms with Crippen molar-refractivity contribution in [3.8, 4) is 0 Å². The van der Waals surface area contributed by atoms with Crippen LogP contribution in [0.15, 0.2) is 18.2 Å². The SMILES string of the molecule is CC(=O)N1CCc2ccc(CON)cc21. The zero-order valence-corrected chi connectivity index (χ0v) is 8.69. The fraction of sp³-hybridized carbons (Fsp3) is 0.364. The molecule has 0 unspecified atom stereocenters. The maximum Gasteiger partial charge on any atom is 0.223 e. The smallest absolute Gasteiger partial charge is 0.223 e. The molecule has 0 radical (unpaired) electrons. The minimum absolute atomic E-state index is 0.0829. The minimum Gasteiger partial charge on any atom is -0.312 e. The summed E-state index contributed by atoms with van der Waals surface area (Å²) in [5.41, 5.74) is 3.20. The van der Waals surface area contributed by atoms with Gasteiger partial charge in [-0.25, -0.2) is 5.90 Å². The van der Waals surface area contributed by atoms with Crippen molar-refractivity contribution < 1.29 is 9.63 Å². The van der Waals surface area contributed by atoms with Gasteiger partial charge in [-0.2, -0.15) is 0 Å². The molecule has 0 fully saturated rings. The molecule has 1 aromatic carbocycles. The number of carbonyl (C=O) groups excluding carboxylic acids is 1. The summed E-state index contributed by atoms with van der Waals surface area (Å²) in [5.74, 6) is 5.10. The van der Waals surface area contributed by atoms with E-state index >= 15 is 0 Å². The van der Waals surface area contributed by atoms with Gasteiger partial charge in [0.25, 0.3) is 0 Å². The van der Waals surface area contributed by atoms with E-state index in [1.165, 1.54) is 5.56 Å². The minimum atomic E-state index is 0.0829. The third kappa shape index (κ3) is 1.86. The lowest BCUT2D eigenvalue weighted by Crippen LogP contribution is -2.25. The highest BCUT2D eigenvalue weighted by Gasteiger charge is 2.21. The number of anilines is 1. The second kappa shape index (κ2) is 4.00. The van der Waals surface area contributed by atoms with Gasteiger partial charge >= 0.3 is 0 Å². The topological polar surface area (TPSA) is 55.6 Å². The summed E-state index contributed by atoms with van der Waals surface area (Å²) in [6.45, 7) is 2.73. The molecule has 0 bridgehead atoms. The Labute approximate surface area is 88.6 Å². The lowest BCUT2D eigenvalue weighted by atomic mass is 10.1. The van der Waals surface area contributed by atoms with Gasteiger partial charge in [0.15, 0.2) is 0 Å². The lowest BCUT2D eigenvalue weighted by molar-refractivity contribution is -0.116. The first-order valence-electron chi connectivity index (χ1n) is 4.94. The van der Waals surface area contributed by atoms with E-state index in [2.05, 4.69) is 4.84 Å². The van der Waals surface area contributed by atoms with Crippen LogP contribution in [0.1, 0.15) is 18.1 Å². The summed E-state index contributed by atoms with van der Waals surface area (Å²) in [6, 6.07) is 5.98. The van der Waals surface area contributed by atoms with E-state index in [0.717, 1.165) is 24.2 Å². The molecule has 0 aromatic heterocycles. The highest BCUT2D eigenvalue weighted by atomic mass is 16.6. The summed E-state index contributed by atoms with van der Waals surface area (Å²) in [4.78, 5) is 17.7. The summed E-state index contributed by atoms with van der Waals surface area (Å²) in [5, 5.41) is 0. The van der Waals surface area contributed by atoms with Crippen LogP contribution < -0.4 is 10.8 Å². The van der Waals surface area contributed by atoms with Crippen molar-refractivity contribution in [1.82, 2.24) is 0 Å². The van der Waals surface area contributed by atoms with Crippen LogP contribution in [-0.2, 0) is 22.7 Å². The Bertz CT molecular complexity index is 390. The monoisotopic (exact) mass is 206 g/mol. The molecule has 1 amide bonds. The molecule has 1 aromatic rings. The third-order valence-electron chi connectivity index (χ3n) is 2.68. The van der Waals surface area contributed by atoms with Gasteiger partial charge in [0, 0.05) is 19.2 Å². The number of hydrogen-bond acceptors (Lipinski definition) is 3. The van der Waals surface area contributed by atoms with Crippen molar-refractivity contribution in [2.45, 2.75) is 20.0 Å². The average molecular weight is 206 g/mol. The van der Waals surface area contributed by atoms with E-state index in [4.69, 9.17) is 5.90 Å². The van der Waals surface area contributed by atoms with Crippen LogP contribution in [0.3, 0.4) is 0 Å². The Morgan fingerprint density at radius 3 is 3.07 bits per heavy atom. The van der Waals surface area contributed by atoms with Gasteiger partial charge in [-0.1, -0.05) is 12.1 Å². The van der Waals surface area contributed by atoms with Gasteiger partial charge in [-0.15, -0.1) is 0 Å². The molecule has 1 aliphatic heterocycles.